The maximum atomic E-state index is 11.4. The van der Waals surface area contributed by atoms with Gasteiger partial charge in [0, 0.05) is 5.92 Å². The van der Waals surface area contributed by atoms with E-state index < -0.39 is 0 Å². The highest BCUT2D eigenvalue weighted by Gasteiger charge is 2.57. The molecule has 0 aromatic carbocycles. The van der Waals surface area contributed by atoms with Crippen molar-refractivity contribution < 1.29 is 19.1 Å². The Hall–Kier alpha value is -1.06. The van der Waals surface area contributed by atoms with Crippen LogP contribution in [-0.4, -0.2) is 25.2 Å². The van der Waals surface area contributed by atoms with Gasteiger partial charge in [0.15, 0.2) is 0 Å². The topological polar surface area (TPSA) is 52.6 Å². The molecule has 4 heteroatoms. The minimum atomic E-state index is -0.118. The molecule has 20 heavy (non-hydrogen) atoms. The second kappa shape index (κ2) is 6.15. The maximum absolute atomic E-state index is 11.4. The van der Waals surface area contributed by atoms with Gasteiger partial charge in [-0.2, -0.15) is 0 Å². The highest BCUT2D eigenvalue weighted by atomic mass is 16.6. The summed E-state index contributed by atoms with van der Waals surface area (Å²) >= 11 is 0. The molecule has 3 rings (SSSR count). The molecule has 6 atom stereocenters. The van der Waals surface area contributed by atoms with Crippen molar-refractivity contribution in [2.75, 3.05) is 7.11 Å². The zero-order chi connectivity index (χ0) is 14.9. The van der Waals surface area contributed by atoms with Crippen molar-refractivity contribution in [2.24, 2.45) is 29.6 Å². The Morgan fingerprint density at radius 1 is 1.40 bits per heavy atom. The Morgan fingerprint density at radius 2 is 2.05 bits per heavy atom. The first-order valence-corrected chi connectivity index (χ1v) is 7.77. The van der Waals surface area contributed by atoms with E-state index in [1.807, 2.05) is 13.8 Å². The molecular formula is C16H26O4. The van der Waals surface area contributed by atoms with Crippen LogP contribution in [0.5, 0.6) is 0 Å². The summed E-state index contributed by atoms with van der Waals surface area (Å²) in [4.78, 5) is 22.0. The zero-order valence-corrected chi connectivity index (χ0v) is 12.9. The van der Waals surface area contributed by atoms with E-state index in [-0.39, 0.29) is 24.0 Å². The fourth-order valence-corrected chi connectivity index (χ4v) is 4.07. The van der Waals surface area contributed by atoms with Gasteiger partial charge < -0.3 is 9.47 Å². The van der Waals surface area contributed by atoms with E-state index in [1.54, 1.807) is 0 Å². The lowest BCUT2D eigenvalue weighted by Crippen LogP contribution is -2.25. The van der Waals surface area contributed by atoms with Gasteiger partial charge in [-0.15, -0.1) is 0 Å². The number of carbonyl (C=O) groups is 2. The van der Waals surface area contributed by atoms with Crippen LogP contribution in [-0.2, 0) is 19.1 Å². The van der Waals surface area contributed by atoms with Crippen LogP contribution in [0.3, 0.4) is 0 Å². The van der Waals surface area contributed by atoms with E-state index in [0.29, 0.717) is 17.8 Å². The minimum absolute atomic E-state index is 0.0556. The molecule has 0 amide bonds. The van der Waals surface area contributed by atoms with Crippen molar-refractivity contribution in [1.29, 1.82) is 0 Å². The lowest BCUT2D eigenvalue weighted by Gasteiger charge is -2.22. The van der Waals surface area contributed by atoms with Gasteiger partial charge in [0.25, 0.3) is 0 Å². The number of hydrogen-bond donors (Lipinski definition) is 0. The molecule has 3 fully saturated rings. The monoisotopic (exact) mass is 282 g/mol. The summed E-state index contributed by atoms with van der Waals surface area (Å²) in [7, 11) is 1.41. The summed E-state index contributed by atoms with van der Waals surface area (Å²) in [6.07, 6.45) is 4.97. The van der Waals surface area contributed by atoms with E-state index in [9.17, 15) is 9.59 Å². The summed E-state index contributed by atoms with van der Waals surface area (Å²) in [5, 5.41) is 0. The van der Waals surface area contributed by atoms with Gasteiger partial charge in [-0.05, 0) is 44.4 Å². The van der Waals surface area contributed by atoms with Crippen LogP contribution in [0.4, 0.5) is 0 Å². The first-order chi connectivity index (χ1) is 9.49. The second-order valence-corrected chi connectivity index (χ2v) is 6.41. The first-order valence-electron chi connectivity index (χ1n) is 7.77. The number of methoxy groups -OCH3 is 1. The van der Waals surface area contributed by atoms with Gasteiger partial charge in [0.05, 0.1) is 18.9 Å². The van der Waals surface area contributed by atoms with E-state index in [0.717, 1.165) is 12.3 Å². The summed E-state index contributed by atoms with van der Waals surface area (Å²) in [6, 6.07) is 0. The fraction of sp³-hybridized carbons (Fsp3) is 0.875. The van der Waals surface area contributed by atoms with E-state index in [1.165, 1.54) is 26.4 Å². The van der Waals surface area contributed by atoms with Crippen LogP contribution in [0.25, 0.3) is 0 Å². The molecule has 2 aliphatic carbocycles. The van der Waals surface area contributed by atoms with Gasteiger partial charge in [-0.25, -0.2) is 0 Å². The Kier molecular flexibility index (Phi) is 4.71. The van der Waals surface area contributed by atoms with Crippen molar-refractivity contribution in [3.8, 4) is 0 Å². The standard InChI is InChI=1S/C10H14O2.C6H12O2/c1-5-8-6-2-3-7(4-6)9(8)10(11)12-5;1-4-5(2)6(7)8-3/h5-9H,2-4H2,1H3;5H,4H2,1-3H3. The molecular weight excluding hydrogens is 256 g/mol. The molecule has 6 unspecified atom stereocenters. The fourth-order valence-electron chi connectivity index (χ4n) is 4.07. The number of fused-ring (bicyclic) bond motifs is 5. The average molecular weight is 282 g/mol. The largest absolute Gasteiger partial charge is 0.469 e. The minimum Gasteiger partial charge on any atom is -0.469 e. The first kappa shape index (κ1) is 15.3. The SMILES string of the molecule is CC1OC(=O)C2C3CCC(C3)C12.CCC(C)C(=O)OC. The number of hydrogen-bond acceptors (Lipinski definition) is 4. The molecule has 4 nitrogen and oxygen atoms in total. The maximum Gasteiger partial charge on any atom is 0.309 e. The third-order valence-corrected chi connectivity index (χ3v) is 5.31. The predicted octanol–water partition coefficient (Wildman–Crippen LogP) is 2.80. The molecule has 1 saturated heterocycles. The highest BCUT2D eigenvalue weighted by molar-refractivity contribution is 5.76. The number of rotatable bonds is 2. The van der Waals surface area contributed by atoms with Crippen molar-refractivity contribution >= 4 is 11.9 Å². The Bertz CT molecular complexity index is 379. The number of carbonyl (C=O) groups excluding carboxylic acids is 2. The Morgan fingerprint density at radius 3 is 2.55 bits per heavy atom. The molecule has 1 aliphatic heterocycles. The lowest BCUT2D eigenvalue weighted by molar-refractivity contribution is -0.145. The van der Waals surface area contributed by atoms with E-state index >= 15 is 0 Å². The molecule has 2 saturated carbocycles. The van der Waals surface area contributed by atoms with Gasteiger partial charge in [-0.1, -0.05) is 13.8 Å². The smallest absolute Gasteiger partial charge is 0.309 e. The zero-order valence-electron chi connectivity index (χ0n) is 12.9. The average Bonchev–Trinajstić information content (AvgIpc) is 3.12. The molecule has 0 aromatic heterocycles. The third-order valence-electron chi connectivity index (χ3n) is 5.31. The molecule has 3 aliphatic rings. The molecule has 0 spiro atoms. The number of cyclic esters (lactones) is 1. The van der Waals surface area contributed by atoms with Crippen LogP contribution in [0.15, 0.2) is 0 Å². The van der Waals surface area contributed by atoms with Crippen molar-refractivity contribution in [2.45, 2.75) is 52.6 Å². The Labute approximate surface area is 121 Å². The third kappa shape index (κ3) is 2.70. The van der Waals surface area contributed by atoms with Crippen LogP contribution in [0.2, 0.25) is 0 Å². The molecule has 114 valence electrons. The Balaban J connectivity index is 0.000000163. The summed E-state index contributed by atoms with van der Waals surface area (Å²) in [5.74, 6) is 2.39. The van der Waals surface area contributed by atoms with Gasteiger partial charge >= 0.3 is 11.9 Å². The van der Waals surface area contributed by atoms with Crippen LogP contribution in [0.1, 0.15) is 46.5 Å². The molecule has 0 N–H and O–H groups in total. The number of esters is 2. The van der Waals surface area contributed by atoms with E-state index in [4.69, 9.17) is 4.74 Å². The van der Waals surface area contributed by atoms with Crippen LogP contribution >= 0.6 is 0 Å². The quantitative estimate of drug-likeness (QED) is 0.731. The van der Waals surface area contributed by atoms with Crippen LogP contribution < -0.4 is 0 Å². The van der Waals surface area contributed by atoms with Crippen molar-refractivity contribution in [3.05, 3.63) is 0 Å². The van der Waals surface area contributed by atoms with E-state index in [2.05, 4.69) is 11.7 Å². The predicted molar refractivity (Wildman–Crippen MR) is 74.8 cm³/mol. The molecule has 2 bridgehead atoms. The van der Waals surface area contributed by atoms with Gasteiger partial charge in [0.2, 0.25) is 0 Å². The van der Waals surface area contributed by atoms with Crippen molar-refractivity contribution in [3.63, 3.8) is 0 Å². The van der Waals surface area contributed by atoms with Gasteiger partial charge in [0.1, 0.15) is 6.10 Å². The second-order valence-electron chi connectivity index (χ2n) is 6.41. The van der Waals surface area contributed by atoms with Crippen molar-refractivity contribution in [1.82, 2.24) is 0 Å². The van der Waals surface area contributed by atoms with Crippen LogP contribution in [0, 0.1) is 29.6 Å². The molecule has 1 heterocycles. The normalized spacial score (nSPS) is 38.6. The van der Waals surface area contributed by atoms with Gasteiger partial charge in [-0.3, -0.25) is 9.59 Å². The lowest BCUT2D eigenvalue weighted by atomic mass is 9.79. The summed E-state index contributed by atoms with van der Waals surface area (Å²) < 4.78 is 9.73. The molecule has 0 aromatic rings. The highest BCUT2D eigenvalue weighted by Crippen LogP contribution is 2.56. The number of ether oxygens (including phenoxy) is 2. The molecule has 0 radical (unpaired) electrons. The summed E-state index contributed by atoms with van der Waals surface area (Å²) in [5.41, 5.74) is 0. The summed E-state index contributed by atoms with van der Waals surface area (Å²) in [6.45, 7) is 5.87.